The van der Waals surface area contributed by atoms with Crippen LogP contribution < -0.4 is 5.32 Å². The Bertz CT molecular complexity index is 613. The molecule has 1 heterocycles. The highest BCUT2D eigenvalue weighted by molar-refractivity contribution is 7.99. The van der Waals surface area contributed by atoms with Crippen LogP contribution in [0.4, 0.5) is 0 Å². The summed E-state index contributed by atoms with van der Waals surface area (Å²) in [4.78, 5) is 7.84. The Morgan fingerprint density at radius 2 is 2.32 bits per heavy atom. The molecule has 1 aromatic carbocycles. The first kappa shape index (κ1) is 13.9. The minimum Gasteiger partial charge on any atom is -0.333 e. The molecule has 0 bridgehead atoms. The summed E-state index contributed by atoms with van der Waals surface area (Å²) in [6.45, 7) is 3.98. The maximum absolute atomic E-state index is 9.08. The molecule has 2 aromatic rings. The highest BCUT2D eigenvalue weighted by Crippen LogP contribution is 2.22. The van der Waals surface area contributed by atoms with Crippen molar-refractivity contribution >= 4 is 22.8 Å². The predicted octanol–water partition coefficient (Wildman–Crippen LogP) is 2.86. The van der Waals surface area contributed by atoms with E-state index in [0.717, 1.165) is 28.4 Å². The number of hydrogen-bond acceptors (Lipinski definition) is 4. The van der Waals surface area contributed by atoms with Gasteiger partial charge in [-0.3, -0.25) is 0 Å². The zero-order valence-electron chi connectivity index (χ0n) is 11.4. The lowest BCUT2D eigenvalue weighted by Gasteiger charge is -2.19. The van der Waals surface area contributed by atoms with E-state index >= 15 is 0 Å². The normalized spacial score (nSPS) is 14.2. The number of imidazole rings is 1. The lowest BCUT2D eigenvalue weighted by Crippen LogP contribution is -2.38. The average Bonchev–Trinajstić information content (AvgIpc) is 2.80. The molecule has 19 heavy (non-hydrogen) atoms. The third-order valence-corrected chi connectivity index (χ3v) is 4.13. The Labute approximate surface area is 117 Å². The third kappa shape index (κ3) is 3.28. The van der Waals surface area contributed by atoms with E-state index in [1.54, 1.807) is 11.8 Å². The van der Waals surface area contributed by atoms with Crippen molar-refractivity contribution in [3.8, 4) is 6.07 Å². The van der Waals surface area contributed by atoms with E-state index in [9.17, 15) is 0 Å². The number of rotatable bonds is 5. The molecule has 5 heteroatoms. The fourth-order valence-electron chi connectivity index (χ4n) is 1.76. The van der Waals surface area contributed by atoms with Gasteiger partial charge in [0.2, 0.25) is 0 Å². The van der Waals surface area contributed by atoms with Crippen LogP contribution in [0.1, 0.15) is 18.9 Å². The minimum absolute atomic E-state index is 0.463. The van der Waals surface area contributed by atoms with E-state index in [4.69, 9.17) is 5.26 Å². The van der Waals surface area contributed by atoms with Gasteiger partial charge in [0.1, 0.15) is 5.54 Å². The molecule has 4 nitrogen and oxygen atoms in total. The summed E-state index contributed by atoms with van der Waals surface area (Å²) in [5, 5.41) is 13.0. The fourth-order valence-corrected chi connectivity index (χ4v) is 2.81. The molecular weight excluding hydrogens is 256 g/mol. The molecule has 1 aromatic heterocycles. The van der Waals surface area contributed by atoms with Crippen LogP contribution in [0.5, 0.6) is 0 Å². The maximum Gasteiger partial charge on any atom is 0.166 e. The van der Waals surface area contributed by atoms with Gasteiger partial charge in [0.05, 0.1) is 17.1 Å². The standard InChI is InChI=1S/C14H18N4S/c1-10-4-5-11-12(8-10)18-13(17-11)19-7-6-14(2,9-15)16-3/h4-5,8,16H,6-7H2,1-3H3,(H,17,18). The molecule has 1 unspecified atom stereocenters. The lowest BCUT2D eigenvalue weighted by molar-refractivity contribution is 0.479. The van der Waals surface area contributed by atoms with Gasteiger partial charge in [-0.25, -0.2) is 4.98 Å². The van der Waals surface area contributed by atoms with Crippen LogP contribution in [0, 0.1) is 18.3 Å². The van der Waals surface area contributed by atoms with Gasteiger partial charge in [0.25, 0.3) is 0 Å². The predicted molar refractivity (Wildman–Crippen MR) is 79.2 cm³/mol. The van der Waals surface area contributed by atoms with E-state index in [2.05, 4.69) is 40.4 Å². The largest absolute Gasteiger partial charge is 0.333 e. The van der Waals surface area contributed by atoms with Gasteiger partial charge in [-0.15, -0.1) is 0 Å². The number of benzene rings is 1. The van der Waals surface area contributed by atoms with Gasteiger partial charge in [0.15, 0.2) is 5.16 Å². The van der Waals surface area contributed by atoms with Crippen LogP contribution in [-0.2, 0) is 0 Å². The number of aromatic amines is 1. The summed E-state index contributed by atoms with van der Waals surface area (Å²) in [5.41, 5.74) is 2.82. The summed E-state index contributed by atoms with van der Waals surface area (Å²) < 4.78 is 0. The van der Waals surface area contributed by atoms with Crippen LogP contribution in [0.25, 0.3) is 11.0 Å². The second-order valence-corrected chi connectivity index (χ2v) is 5.94. The number of fused-ring (bicyclic) bond motifs is 1. The Balaban J connectivity index is 2.01. The van der Waals surface area contributed by atoms with E-state index in [0.29, 0.717) is 0 Å². The first-order valence-corrected chi connectivity index (χ1v) is 7.24. The topological polar surface area (TPSA) is 64.5 Å². The van der Waals surface area contributed by atoms with Crippen molar-refractivity contribution in [3.05, 3.63) is 23.8 Å². The highest BCUT2D eigenvalue weighted by atomic mass is 32.2. The summed E-state index contributed by atoms with van der Waals surface area (Å²) >= 11 is 1.65. The molecule has 0 radical (unpaired) electrons. The van der Waals surface area contributed by atoms with Crippen LogP contribution in [0.2, 0.25) is 0 Å². The number of H-pyrrole nitrogens is 1. The Kier molecular flexibility index (Phi) is 4.13. The van der Waals surface area contributed by atoms with Crippen molar-refractivity contribution < 1.29 is 0 Å². The average molecular weight is 274 g/mol. The van der Waals surface area contributed by atoms with Crippen molar-refractivity contribution in [1.29, 1.82) is 5.26 Å². The number of aryl methyl sites for hydroxylation is 1. The monoisotopic (exact) mass is 274 g/mol. The van der Waals surface area contributed by atoms with Crippen molar-refractivity contribution in [2.45, 2.75) is 31.0 Å². The van der Waals surface area contributed by atoms with Crippen LogP contribution in [0.3, 0.4) is 0 Å². The molecule has 0 aliphatic carbocycles. The molecular formula is C14H18N4S. The maximum atomic E-state index is 9.08. The second kappa shape index (κ2) is 5.64. The minimum atomic E-state index is -0.463. The van der Waals surface area contributed by atoms with Crippen molar-refractivity contribution in [2.75, 3.05) is 12.8 Å². The molecule has 0 saturated heterocycles. The highest BCUT2D eigenvalue weighted by Gasteiger charge is 2.20. The molecule has 0 amide bonds. The number of nitrogens with one attached hydrogen (secondary N) is 2. The Hall–Kier alpha value is -1.51. The van der Waals surface area contributed by atoms with Crippen molar-refractivity contribution in [2.24, 2.45) is 0 Å². The molecule has 0 saturated carbocycles. The first-order chi connectivity index (χ1) is 9.06. The van der Waals surface area contributed by atoms with Gasteiger partial charge < -0.3 is 10.3 Å². The van der Waals surface area contributed by atoms with Crippen LogP contribution in [0.15, 0.2) is 23.4 Å². The van der Waals surface area contributed by atoms with Gasteiger partial charge in [-0.1, -0.05) is 17.8 Å². The van der Waals surface area contributed by atoms with E-state index in [-0.39, 0.29) is 0 Å². The summed E-state index contributed by atoms with van der Waals surface area (Å²) in [6.07, 6.45) is 0.779. The number of aromatic nitrogens is 2. The molecule has 0 fully saturated rings. The van der Waals surface area contributed by atoms with E-state index < -0.39 is 5.54 Å². The molecule has 100 valence electrons. The van der Waals surface area contributed by atoms with Gasteiger partial charge >= 0.3 is 0 Å². The number of thioether (sulfide) groups is 1. The molecule has 2 rings (SSSR count). The van der Waals surface area contributed by atoms with Gasteiger partial charge in [-0.2, -0.15) is 5.26 Å². The zero-order valence-corrected chi connectivity index (χ0v) is 12.3. The lowest BCUT2D eigenvalue weighted by atomic mass is 10.0. The van der Waals surface area contributed by atoms with Gasteiger partial charge in [-0.05, 0) is 45.0 Å². The van der Waals surface area contributed by atoms with Crippen LogP contribution >= 0.6 is 11.8 Å². The quantitative estimate of drug-likeness (QED) is 0.823. The number of nitriles is 1. The molecule has 0 aliphatic rings. The number of hydrogen-bond donors (Lipinski definition) is 2. The zero-order chi connectivity index (χ0) is 13.9. The van der Waals surface area contributed by atoms with Crippen molar-refractivity contribution in [1.82, 2.24) is 15.3 Å². The fraction of sp³-hybridized carbons (Fsp3) is 0.429. The molecule has 2 N–H and O–H groups in total. The first-order valence-electron chi connectivity index (χ1n) is 6.26. The molecule has 0 aliphatic heterocycles. The van der Waals surface area contributed by atoms with E-state index in [1.165, 1.54) is 5.56 Å². The van der Waals surface area contributed by atoms with E-state index in [1.807, 2.05) is 20.0 Å². The molecule has 1 atom stereocenters. The summed E-state index contributed by atoms with van der Waals surface area (Å²) in [6, 6.07) is 8.48. The van der Waals surface area contributed by atoms with Crippen LogP contribution in [-0.4, -0.2) is 28.3 Å². The van der Waals surface area contributed by atoms with Crippen molar-refractivity contribution in [3.63, 3.8) is 0 Å². The summed E-state index contributed by atoms with van der Waals surface area (Å²) in [5.74, 6) is 0.851. The SMILES string of the molecule is CNC(C)(C#N)CCSc1nc2ccc(C)cc2[nH]1. The van der Waals surface area contributed by atoms with Gasteiger partial charge in [0, 0.05) is 5.75 Å². The Morgan fingerprint density at radius 1 is 1.53 bits per heavy atom. The molecule has 0 spiro atoms. The summed E-state index contributed by atoms with van der Waals surface area (Å²) in [7, 11) is 1.82. The smallest absolute Gasteiger partial charge is 0.166 e. The third-order valence-electron chi connectivity index (χ3n) is 3.26. The number of nitrogens with zero attached hydrogens (tertiary/aromatic N) is 2. The second-order valence-electron chi connectivity index (χ2n) is 4.85. The Morgan fingerprint density at radius 3 is 3.00 bits per heavy atom.